The van der Waals surface area contributed by atoms with Gasteiger partial charge in [-0.1, -0.05) is 5.21 Å². The van der Waals surface area contributed by atoms with Crippen LogP contribution >= 0.6 is 0 Å². The topological polar surface area (TPSA) is 107 Å². The van der Waals surface area contributed by atoms with Crippen molar-refractivity contribution in [3.63, 3.8) is 0 Å². The summed E-state index contributed by atoms with van der Waals surface area (Å²) >= 11 is 0. The SMILES string of the molecule is COCC1(C(=O)O)CCCN(C(=O)c2nnn(-c3ccc(OC)cc3)c2C)C1. The van der Waals surface area contributed by atoms with Gasteiger partial charge in [0.1, 0.15) is 11.2 Å². The van der Waals surface area contributed by atoms with Crippen LogP contribution in [0.1, 0.15) is 29.0 Å². The summed E-state index contributed by atoms with van der Waals surface area (Å²) in [5.41, 5.74) is 0.466. The number of aromatic nitrogens is 3. The molecule has 3 rings (SSSR count). The molecule has 1 N–H and O–H groups in total. The number of piperidine rings is 1. The van der Waals surface area contributed by atoms with Crippen LogP contribution in [0.2, 0.25) is 0 Å². The van der Waals surface area contributed by atoms with Crippen LogP contribution in [0.25, 0.3) is 5.69 Å². The number of carbonyl (C=O) groups excluding carboxylic acids is 1. The van der Waals surface area contributed by atoms with Crippen molar-refractivity contribution in [2.24, 2.45) is 5.41 Å². The minimum Gasteiger partial charge on any atom is -0.497 e. The van der Waals surface area contributed by atoms with Crippen LogP contribution in [-0.2, 0) is 9.53 Å². The summed E-state index contributed by atoms with van der Waals surface area (Å²) in [6.07, 6.45) is 1.06. The van der Waals surface area contributed by atoms with Gasteiger partial charge in [-0.3, -0.25) is 9.59 Å². The van der Waals surface area contributed by atoms with E-state index >= 15 is 0 Å². The monoisotopic (exact) mass is 388 g/mol. The van der Waals surface area contributed by atoms with Gasteiger partial charge < -0.3 is 19.5 Å². The van der Waals surface area contributed by atoms with Crippen LogP contribution in [0.3, 0.4) is 0 Å². The van der Waals surface area contributed by atoms with Gasteiger partial charge in [-0.25, -0.2) is 4.68 Å². The predicted molar refractivity (Wildman–Crippen MR) is 99.7 cm³/mol. The molecule has 0 saturated carbocycles. The lowest BCUT2D eigenvalue weighted by Gasteiger charge is -2.39. The van der Waals surface area contributed by atoms with Crippen LogP contribution in [0, 0.1) is 12.3 Å². The first-order chi connectivity index (χ1) is 13.4. The Morgan fingerprint density at radius 3 is 2.57 bits per heavy atom. The van der Waals surface area contributed by atoms with E-state index in [2.05, 4.69) is 10.3 Å². The second-order valence-electron chi connectivity index (χ2n) is 6.98. The molecule has 1 aromatic carbocycles. The number of aliphatic carboxylic acids is 1. The van der Waals surface area contributed by atoms with E-state index in [0.717, 1.165) is 5.69 Å². The number of methoxy groups -OCH3 is 2. The molecule has 150 valence electrons. The van der Waals surface area contributed by atoms with Crippen molar-refractivity contribution in [3.05, 3.63) is 35.7 Å². The molecule has 1 aromatic heterocycles. The molecule has 1 atom stereocenters. The van der Waals surface area contributed by atoms with Crippen molar-refractivity contribution in [1.29, 1.82) is 0 Å². The number of carboxylic acid groups (broad SMARTS) is 1. The second kappa shape index (κ2) is 7.97. The summed E-state index contributed by atoms with van der Waals surface area (Å²) in [7, 11) is 3.06. The fraction of sp³-hybridized carbons (Fsp3) is 0.474. The largest absolute Gasteiger partial charge is 0.497 e. The average Bonchev–Trinajstić information content (AvgIpc) is 3.09. The molecule has 0 spiro atoms. The van der Waals surface area contributed by atoms with Crippen molar-refractivity contribution in [2.45, 2.75) is 19.8 Å². The van der Waals surface area contributed by atoms with Crippen LogP contribution in [-0.4, -0.2) is 70.8 Å². The van der Waals surface area contributed by atoms with Crippen molar-refractivity contribution in [2.75, 3.05) is 33.9 Å². The third-order valence-electron chi connectivity index (χ3n) is 5.15. The molecule has 2 aromatic rings. The van der Waals surface area contributed by atoms with Gasteiger partial charge in [0.2, 0.25) is 0 Å². The van der Waals surface area contributed by atoms with Gasteiger partial charge in [0.25, 0.3) is 5.91 Å². The van der Waals surface area contributed by atoms with Gasteiger partial charge in [-0.05, 0) is 44.0 Å². The lowest BCUT2D eigenvalue weighted by atomic mass is 9.80. The standard InChI is InChI=1S/C19H24N4O5/c1-13-16(20-21-23(13)14-5-7-15(28-3)8-6-14)17(24)22-10-4-9-19(11-22,12-27-2)18(25)26/h5-8H,4,9-12H2,1-3H3,(H,25,26). The normalized spacial score (nSPS) is 19.5. The van der Waals surface area contributed by atoms with Crippen molar-refractivity contribution in [3.8, 4) is 11.4 Å². The molecule has 1 amide bonds. The maximum Gasteiger partial charge on any atom is 0.313 e. The average molecular weight is 388 g/mol. The van der Waals surface area contributed by atoms with E-state index in [9.17, 15) is 14.7 Å². The van der Waals surface area contributed by atoms with E-state index in [1.54, 1.807) is 30.8 Å². The van der Waals surface area contributed by atoms with Gasteiger partial charge in [-0.2, -0.15) is 0 Å². The summed E-state index contributed by atoms with van der Waals surface area (Å²) < 4.78 is 11.9. The van der Waals surface area contributed by atoms with Gasteiger partial charge in [-0.15, -0.1) is 5.10 Å². The molecule has 2 heterocycles. The predicted octanol–water partition coefficient (Wildman–Crippen LogP) is 1.54. The molecule has 0 aliphatic carbocycles. The van der Waals surface area contributed by atoms with Crippen LogP contribution < -0.4 is 4.74 Å². The summed E-state index contributed by atoms with van der Waals surface area (Å²) in [5.74, 6) is -0.557. The molecular weight excluding hydrogens is 364 g/mol. The second-order valence-corrected chi connectivity index (χ2v) is 6.98. The van der Waals surface area contributed by atoms with Crippen molar-refractivity contribution < 1.29 is 24.2 Å². The first-order valence-corrected chi connectivity index (χ1v) is 9.00. The van der Waals surface area contributed by atoms with E-state index in [1.807, 2.05) is 12.1 Å². The Kier molecular flexibility index (Phi) is 5.64. The van der Waals surface area contributed by atoms with E-state index in [4.69, 9.17) is 9.47 Å². The Hall–Kier alpha value is -2.94. The van der Waals surface area contributed by atoms with Crippen LogP contribution in [0.4, 0.5) is 0 Å². The molecule has 1 saturated heterocycles. The Morgan fingerprint density at radius 2 is 1.96 bits per heavy atom. The number of benzene rings is 1. The Labute approximate surface area is 162 Å². The minimum atomic E-state index is -1.09. The maximum atomic E-state index is 13.0. The molecule has 1 unspecified atom stereocenters. The Bertz CT molecular complexity index is 860. The highest BCUT2D eigenvalue weighted by molar-refractivity contribution is 5.94. The number of hydrogen-bond acceptors (Lipinski definition) is 6. The number of nitrogens with zero attached hydrogens (tertiary/aromatic N) is 4. The van der Waals surface area contributed by atoms with Gasteiger partial charge in [0.05, 0.1) is 25.1 Å². The third kappa shape index (κ3) is 3.57. The zero-order valence-electron chi connectivity index (χ0n) is 16.2. The van der Waals surface area contributed by atoms with Crippen LogP contribution in [0.5, 0.6) is 5.75 Å². The fourth-order valence-corrected chi connectivity index (χ4v) is 3.58. The van der Waals surface area contributed by atoms with Crippen molar-refractivity contribution in [1.82, 2.24) is 19.9 Å². The number of likely N-dealkylation sites (tertiary alicyclic amines) is 1. The number of carboxylic acids is 1. The minimum absolute atomic E-state index is 0.0592. The molecular formula is C19H24N4O5. The fourth-order valence-electron chi connectivity index (χ4n) is 3.58. The molecule has 9 nitrogen and oxygen atoms in total. The highest BCUT2D eigenvalue weighted by Crippen LogP contribution is 2.31. The van der Waals surface area contributed by atoms with Crippen LogP contribution in [0.15, 0.2) is 24.3 Å². The molecule has 0 bridgehead atoms. The van der Waals surface area contributed by atoms with Crippen molar-refractivity contribution >= 4 is 11.9 Å². The zero-order valence-corrected chi connectivity index (χ0v) is 16.2. The lowest BCUT2D eigenvalue weighted by molar-refractivity contribution is -0.155. The molecule has 0 radical (unpaired) electrons. The first kappa shape index (κ1) is 19.8. The Balaban J connectivity index is 1.84. The van der Waals surface area contributed by atoms with E-state index in [1.165, 1.54) is 12.0 Å². The summed E-state index contributed by atoms with van der Waals surface area (Å²) in [6, 6.07) is 7.25. The molecule has 9 heteroatoms. The maximum absolute atomic E-state index is 13.0. The summed E-state index contributed by atoms with van der Waals surface area (Å²) in [6.45, 7) is 2.39. The van der Waals surface area contributed by atoms with E-state index in [0.29, 0.717) is 30.8 Å². The summed E-state index contributed by atoms with van der Waals surface area (Å²) in [4.78, 5) is 26.4. The molecule has 1 aliphatic heterocycles. The van der Waals surface area contributed by atoms with Gasteiger partial charge in [0, 0.05) is 20.2 Å². The molecule has 1 fully saturated rings. The number of ether oxygens (including phenoxy) is 2. The number of amides is 1. The molecule has 28 heavy (non-hydrogen) atoms. The lowest BCUT2D eigenvalue weighted by Crippen LogP contribution is -2.52. The van der Waals surface area contributed by atoms with Gasteiger partial charge in [0.15, 0.2) is 5.69 Å². The van der Waals surface area contributed by atoms with Gasteiger partial charge >= 0.3 is 5.97 Å². The van der Waals surface area contributed by atoms with E-state index < -0.39 is 11.4 Å². The first-order valence-electron chi connectivity index (χ1n) is 9.00. The summed E-state index contributed by atoms with van der Waals surface area (Å²) in [5, 5.41) is 17.8. The smallest absolute Gasteiger partial charge is 0.313 e. The Morgan fingerprint density at radius 1 is 1.25 bits per heavy atom. The highest BCUT2D eigenvalue weighted by Gasteiger charge is 2.44. The number of rotatable bonds is 6. The third-order valence-corrected chi connectivity index (χ3v) is 5.15. The zero-order chi connectivity index (χ0) is 20.3. The number of carbonyl (C=O) groups is 2. The molecule has 1 aliphatic rings. The highest BCUT2D eigenvalue weighted by atomic mass is 16.5. The van der Waals surface area contributed by atoms with E-state index in [-0.39, 0.29) is 24.8 Å². The quantitative estimate of drug-likeness (QED) is 0.800. The number of hydrogen-bond donors (Lipinski definition) is 1.